The summed E-state index contributed by atoms with van der Waals surface area (Å²) in [7, 11) is 0. The summed E-state index contributed by atoms with van der Waals surface area (Å²) in [5, 5.41) is 10.3. The summed E-state index contributed by atoms with van der Waals surface area (Å²) in [6.07, 6.45) is 4.80. The van der Waals surface area contributed by atoms with E-state index < -0.39 is 5.60 Å². The summed E-state index contributed by atoms with van der Waals surface area (Å²) in [5.41, 5.74) is 0.147. The Kier molecular flexibility index (Phi) is 2.62. The van der Waals surface area contributed by atoms with Gasteiger partial charge in [0.05, 0.1) is 5.69 Å². The third kappa shape index (κ3) is 1.59. The summed E-state index contributed by atoms with van der Waals surface area (Å²) in [6.45, 7) is 2.15. The number of aliphatic hydroxyl groups is 1. The highest BCUT2D eigenvalue weighted by atomic mass is 79.9. The van der Waals surface area contributed by atoms with Gasteiger partial charge in [0.2, 0.25) is 0 Å². The molecule has 1 heterocycles. The molecule has 1 aromatic rings. The predicted octanol–water partition coefficient (Wildman–Crippen LogP) is 2.85. The van der Waals surface area contributed by atoms with Crippen molar-refractivity contribution in [1.29, 1.82) is 0 Å². The van der Waals surface area contributed by atoms with E-state index in [1.54, 1.807) is 6.20 Å². The molecule has 1 N–H and O–H groups in total. The van der Waals surface area contributed by atoms with Crippen LogP contribution in [0, 0.1) is 5.92 Å². The summed E-state index contributed by atoms with van der Waals surface area (Å²) >= 11 is 3.43. The van der Waals surface area contributed by atoms with Crippen molar-refractivity contribution in [3.8, 4) is 0 Å². The molecule has 1 aromatic heterocycles. The van der Waals surface area contributed by atoms with Gasteiger partial charge in [-0.25, -0.2) is 0 Å². The minimum atomic E-state index is -0.657. The Morgan fingerprint density at radius 3 is 3.14 bits per heavy atom. The van der Waals surface area contributed by atoms with Gasteiger partial charge in [-0.15, -0.1) is 0 Å². The molecule has 0 radical (unpaired) electrons. The molecule has 2 unspecified atom stereocenters. The fourth-order valence-corrected chi connectivity index (χ4v) is 2.60. The summed E-state index contributed by atoms with van der Waals surface area (Å²) in [6, 6.07) is 3.80. The van der Waals surface area contributed by atoms with Gasteiger partial charge in [0.15, 0.2) is 0 Å². The van der Waals surface area contributed by atoms with E-state index in [9.17, 15) is 5.11 Å². The fraction of sp³-hybridized carbons (Fsp3) is 0.545. The van der Waals surface area contributed by atoms with Crippen LogP contribution >= 0.6 is 15.9 Å². The first-order valence-electron chi connectivity index (χ1n) is 5.02. The molecule has 2 nitrogen and oxygen atoms in total. The minimum absolute atomic E-state index is 0.402. The zero-order chi connectivity index (χ0) is 10.2. The molecule has 14 heavy (non-hydrogen) atoms. The predicted molar refractivity (Wildman–Crippen MR) is 58.8 cm³/mol. The van der Waals surface area contributed by atoms with Crippen LogP contribution in [0.3, 0.4) is 0 Å². The average molecular weight is 256 g/mol. The fourth-order valence-electron chi connectivity index (χ4n) is 2.00. The molecule has 1 aliphatic rings. The second kappa shape index (κ2) is 3.63. The molecule has 76 valence electrons. The molecule has 0 bridgehead atoms. The van der Waals surface area contributed by atoms with Crippen molar-refractivity contribution >= 4 is 15.9 Å². The van der Waals surface area contributed by atoms with Crippen LogP contribution in [0.15, 0.2) is 22.8 Å². The van der Waals surface area contributed by atoms with E-state index in [-0.39, 0.29) is 0 Å². The van der Waals surface area contributed by atoms with Gasteiger partial charge in [0.25, 0.3) is 0 Å². The first kappa shape index (κ1) is 10.1. The van der Waals surface area contributed by atoms with E-state index in [0.29, 0.717) is 5.92 Å². The summed E-state index contributed by atoms with van der Waals surface area (Å²) < 4.78 is 0.918. The van der Waals surface area contributed by atoms with Crippen LogP contribution in [0.4, 0.5) is 0 Å². The number of halogens is 1. The van der Waals surface area contributed by atoms with Crippen molar-refractivity contribution in [1.82, 2.24) is 4.98 Å². The number of hydrogen-bond donors (Lipinski definition) is 1. The van der Waals surface area contributed by atoms with Crippen LogP contribution in [0.1, 0.15) is 31.9 Å². The lowest BCUT2D eigenvalue weighted by molar-refractivity contribution is 0.123. The van der Waals surface area contributed by atoms with Crippen LogP contribution in [-0.2, 0) is 5.60 Å². The van der Waals surface area contributed by atoms with Gasteiger partial charge >= 0.3 is 0 Å². The Balaban J connectivity index is 2.21. The SMILES string of the molecule is CCCC1CC1(O)c1ncccc1Br. The second-order valence-electron chi connectivity index (χ2n) is 3.95. The average Bonchev–Trinajstić information content (AvgIpc) is 2.79. The lowest BCUT2D eigenvalue weighted by Crippen LogP contribution is -2.11. The quantitative estimate of drug-likeness (QED) is 0.902. The van der Waals surface area contributed by atoms with Crippen LogP contribution in [0.25, 0.3) is 0 Å². The van der Waals surface area contributed by atoms with Crippen molar-refractivity contribution in [2.75, 3.05) is 0 Å². The van der Waals surface area contributed by atoms with Gasteiger partial charge in [-0.3, -0.25) is 4.98 Å². The lowest BCUT2D eigenvalue weighted by atomic mass is 10.1. The van der Waals surface area contributed by atoms with Crippen LogP contribution in [0.2, 0.25) is 0 Å². The van der Waals surface area contributed by atoms with Crippen molar-refractivity contribution in [3.63, 3.8) is 0 Å². The Morgan fingerprint density at radius 1 is 1.71 bits per heavy atom. The molecular formula is C11H14BrNO. The highest BCUT2D eigenvalue weighted by molar-refractivity contribution is 9.10. The monoisotopic (exact) mass is 255 g/mol. The molecule has 0 saturated heterocycles. The topological polar surface area (TPSA) is 33.1 Å². The highest BCUT2D eigenvalue weighted by Crippen LogP contribution is 2.54. The first-order valence-corrected chi connectivity index (χ1v) is 5.81. The van der Waals surface area contributed by atoms with E-state index in [1.807, 2.05) is 12.1 Å². The molecule has 3 heteroatoms. The van der Waals surface area contributed by atoms with E-state index in [1.165, 1.54) is 0 Å². The highest BCUT2D eigenvalue weighted by Gasteiger charge is 2.55. The van der Waals surface area contributed by atoms with Gasteiger partial charge in [-0.1, -0.05) is 13.3 Å². The van der Waals surface area contributed by atoms with Crippen molar-refractivity contribution in [2.24, 2.45) is 5.92 Å². The maximum atomic E-state index is 10.3. The smallest absolute Gasteiger partial charge is 0.111 e. The first-order chi connectivity index (χ1) is 6.68. The van der Waals surface area contributed by atoms with Gasteiger partial charge in [-0.05, 0) is 46.8 Å². The maximum Gasteiger partial charge on any atom is 0.111 e. The number of nitrogens with zero attached hydrogens (tertiary/aromatic N) is 1. The zero-order valence-corrected chi connectivity index (χ0v) is 9.79. The maximum absolute atomic E-state index is 10.3. The Morgan fingerprint density at radius 2 is 2.50 bits per heavy atom. The minimum Gasteiger partial charge on any atom is -0.383 e. The van der Waals surface area contributed by atoms with Crippen molar-refractivity contribution < 1.29 is 5.11 Å². The van der Waals surface area contributed by atoms with Crippen molar-refractivity contribution in [2.45, 2.75) is 31.8 Å². The van der Waals surface area contributed by atoms with E-state index >= 15 is 0 Å². The number of rotatable bonds is 3. The van der Waals surface area contributed by atoms with Crippen LogP contribution in [-0.4, -0.2) is 10.1 Å². The lowest BCUT2D eigenvalue weighted by Gasteiger charge is -2.11. The molecule has 0 amide bonds. The molecule has 0 spiro atoms. The molecule has 2 rings (SSSR count). The molecule has 1 saturated carbocycles. The summed E-state index contributed by atoms with van der Waals surface area (Å²) in [5.74, 6) is 0.402. The third-order valence-corrected chi connectivity index (χ3v) is 3.52. The third-order valence-electron chi connectivity index (χ3n) is 2.88. The van der Waals surface area contributed by atoms with E-state index in [4.69, 9.17) is 0 Å². The van der Waals surface area contributed by atoms with Gasteiger partial charge in [0.1, 0.15) is 5.60 Å². The van der Waals surface area contributed by atoms with E-state index in [2.05, 4.69) is 27.8 Å². The number of pyridine rings is 1. The zero-order valence-electron chi connectivity index (χ0n) is 8.20. The standard InChI is InChI=1S/C11H14BrNO/c1-2-4-8-7-11(8,14)10-9(12)5-3-6-13-10/h3,5-6,8,14H,2,4,7H2,1H3. The molecular weight excluding hydrogens is 242 g/mol. The molecule has 1 aliphatic carbocycles. The van der Waals surface area contributed by atoms with Gasteiger partial charge in [-0.2, -0.15) is 0 Å². The summed E-state index contributed by atoms with van der Waals surface area (Å²) in [4.78, 5) is 4.25. The Bertz CT molecular complexity index is 342. The van der Waals surface area contributed by atoms with E-state index in [0.717, 1.165) is 29.4 Å². The van der Waals surface area contributed by atoms with Crippen molar-refractivity contribution in [3.05, 3.63) is 28.5 Å². The molecule has 1 fully saturated rings. The number of aromatic nitrogens is 1. The largest absolute Gasteiger partial charge is 0.383 e. The van der Waals surface area contributed by atoms with Crippen LogP contribution < -0.4 is 0 Å². The Labute approximate surface area is 92.5 Å². The van der Waals surface area contributed by atoms with Gasteiger partial charge < -0.3 is 5.11 Å². The second-order valence-corrected chi connectivity index (χ2v) is 4.80. The van der Waals surface area contributed by atoms with Crippen LogP contribution in [0.5, 0.6) is 0 Å². The van der Waals surface area contributed by atoms with Gasteiger partial charge in [0, 0.05) is 10.7 Å². The molecule has 0 aliphatic heterocycles. The Hall–Kier alpha value is -0.410. The number of hydrogen-bond acceptors (Lipinski definition) is 2. The molecule has 0 aromatic carbocycles. The normalized spacial score (nSPS) is 30.4. The molecule has 2 atom stereocenters.